The van der Waals surface area contributed by atoms with Gasteiger partial charge < -0.3 is 15.0 Å². The Morgan fingerprint density at radius 3 is 2.81 bits per heavy atom. The number of likely N-dealkylation sites (tertiary alicyclic amines) is 1. The first-order valence-corrected chi connectivity index (χ1v) is 7.68. The molecule has 2 rings (SSSR count). The number of ether oxygens (including phenoxy) is 1. The number of hydrogen-bond acceptors (Lipinski definition) is 4. The van der Waals surface area contributed by atoms with E-state index in [0.29, 0.717) is 5.56 Å². The Kier molecular flexibility index (Phi) is 5.56. The highest BCUT2D eigenvalue weighted by atomic mass is 16.5. The van der Waals surface area contributed by atoms with Gasteiger partial charge in [-0.15, -0.1) is 0 Å². The molecule has 2 heterocycles. The molecule has 0 saturated carbocycles. The van der Waals surface area contributed by atoms with Crippen LogP contribution >= 0.6 is 0 Å². The van der Waals surface area contributed by atoms with E-state index in [1.54, 1.807) is 13.3 Å². The maximum absolute atomic E-state index is 12.7. The SMILES string of the molecule is CCCNc1cc(C)ncc1C(=O)N1CCC(OC)CC1. The van der Waals surface area contributed by atoms with Crippen molar-refractivity contribution in [2.75, 3.05) is 32.1 Å². The number of hydrogen-bond donors (Lipinski definition) is 1. The largest absolute Gasteiger partial charge is 0.384 e. The first-order valence-electron chi connectivity index (χ1n) is 7.68. The molecule has 1 aliphatic heterocycles. The van der Waals surface area contributed by atoms with E-state index in [1.165, 1.54) is 0 Å². The van der Waals surface area contributed by atoms with Crippen molar-refractivity contribution in [3.63, 3.8) is 0 Å². The number of amides is 1. The van der Waals surface area contributed by atoms with Gasteiger partial charge in [-0.1, -0.05) is 6.92 Å². The van der Waals surface area contributed by atoms with Crippen LogP contribution in [-0.2, 0) is 4.74 Å². The summed E-state index contributed by atoms with van der Waals surface area (Å²) in [4.78, 5) is 18.9. The zero-order chi connectivity index (χ0) is 15.2. The van der Waals surface area contributed by atoms with Crippen LogP contribution in [0.2, 0.25) is 0 Å². The second kappa shape index (κ2) is 7.41. The Bertz CT molecular complexity index is 482. The Morgan fingerprint density at radius 2 is 2.19 bits per heavy atom. The van der Waals surface area contributed by atoms with E-state index < -0.39 is 0 Å². The Morgan fingerprint density at radius 1 is 1.48 bits per heavy atom. The average Bonchev–Trinajstić information content (AvgIpc) is 2.52. The van der Waals surface area contributed by atoms with E-state index in [2.05, 4.69) is 17.2 Å². The Labute approximate surface area is 126 Å². The lowest BCUT2D eigenvalue weighted by Gasteiger charge is -2.31. The van der Waals surface area contributed by atoms with Gasteiger partial charge in [0, 0.05) is 38.6 Å². The van der Waals surface area contributed by atoms with Crippen molar-refractivity contribution in [1.29, 1.82) is 0 Å². The molecule has 0 unspecified atom stereocenters. The average molecular weight is 291 g/mol. The van der Waals surface area contributed by atoms with E-state index in [-0.39, 0.29) is 12.0 Å². The fourth-order valence-electron chi connectivity index (χ4n) is 2.60. The van der Waals surface area contributed by atoms with E-state index in [0.717, 1.165) is 50.3 Å². The topological polar surface area (TPSA) is 54.5 Å². The van der Waals surface area contributed by atoms with Gasteiger partial charge in [-0.25, -0.2) is 0 Å². The molecule has 0 spiro atoms. The Balaban J connectivity index is 2.11. The standard InChI is InChI=1S/C16H25N3O2/c1-4-7-17-15-10-12(2)18-11-14(15)16(20)19-8-5-13(21-3)6-9-19/h10-11,13H,4-9H2,1-3H3,(H,17,18). The number of carbonyl (C=O) groups excluding carboxylic acids is 1. The molecular formula is C16H25N3O2. The summed E-state index contributed by atoms with van der Waals surface area (Å²) < 4.78 is 5.35. The fourth-order valence-corrected chi connectivity index (χ4v) is 2.60. The monoisotopic (exact) mass is 291 g/mol. The highest BCUT2D eigenvalue weighted by molar-refractivity contribution is 5.99. The quantitative estimate of drug-likeness (QED) is 0.905. The van der Waals surface area contributed by atoms with Crippen molar-refractivity contribution in [2.24, 2.45) is 0 Å². The maximum atomic E-state index is 12.7. The minimum atomic E-state index is 0.0654. The minimum Gasteiger partial charge on any atom is -0.384 e. The van der Waals surface area contributed by atoms with Gasteiger partial charge in [0.1, 0.15) is 0 Å². The second-order valence-electron chi connectivity index (χ2n) is 5.53. The molecule has 1 aliphatic rings. The Hall–Kier alpha value is -1.62. The summed E-state index contributed by atoms with van der Waals surface area (Å²) in [5.74, 6) is 0.0654. The van der Waals surface area contributed by atoms with Crippen LogP contribution in [-0.4, -0.2) is 48.6 Å². The first-order chi connectivity index (χ1) is 10.2. The van der Waals surface area contributed by atoms with Gasteiger partial charge in [0.2, 0.25) is 0 Å². The molecule has 5 heteroatoms. The molecule has 0 atom stereocenters. The van der Waals surface area contributed by atoms with Gasteiger partial charge in [0.05, 0.1) is 17.4 Å². The minimum absolute atomic E-state index is 0.0654. The predicted octanol–water partition coefficient (Wildman–Crippen LogP) is 2.46. The summed E-state index contributed by atoms with van der Waals surface area (Å²) >= 11 is 0. The smallest absolute Gasteiger partial charge is 0.257 e. The summed E-state index contributed by atoms with van der Waals surface area (Å²) in [6.45, 7) is 6.40. The van der Waals surface area contributed by atoms with Crippen molar-refractivity contribution < 1.29 is 9.53 Å². The van der Waals surface area contributed by atoms with E-state index >= 15 is 0 Å². The van der Waals surface area contributed by atoms with Crippen LogP contribution in [0.3, 0.4) is 0 Å². The van der Waals surface area contributed by atoms with Gasteiger partial charge in [0.25, 0.3) is 5.91 Å². The number of piperidine rings is 1. The number of aryl methyl sites for hydroxylation is 1. The molecular weight excluding hydrogens is 266 g/mol. The van der Waals surface area contributed by atoms with Gasteiger partial charge in [-0.2, -0.15) is 0 Å². The number of nitrogens with one attached hydrogen (secondary N) is 1. The van der Waals surface area contributed by atoms with Gasteiger partial charge in [0.15, 0.2) is 0 Å². The van der Waals surface area contributed by atoms with Crippen LogP contribution in [0.25, 0.3) is 0 Å². The molecule has 0 radical (unpaired) electrons. The number of carbonyl (C=O) groups is 1. The third-order valence-electron chi connectivity index (χ3n) is 3.90. The van der Waals surface area contributed by atoms with Crippen LogP contribution < -0.4 is 5.32 Å². The lowest BCUT2D eigenvalue weighted by molar-refractivity contribution is 0.0351. The predicted molar refractivity (Wildman–Crippen MR) is 83.7 cm³/mol. The number of aromatic nitrogens is 1. The third-order valence-corrected chi connectivity index (χ3v) is 3.90. The van der Waals surface area contributed by atoms with Gasteiger partial charge >= 0.3 is 0 Å². The normalized spacial score (nSPS) is 16.0. The second-order valence-corrected chi connectivity index (χ2v) is 5.53. The summed E-state index contributed by atoms with van der Waals surface area (Å²) in [6.07, 6.45) is 4.80. The van der Waals surface area contributed by atoms with E-state index in [4.69, 9.17) is 4.74 Å². The van der Waals surface area contributed by atoms with Crippen LogP contribution in [0, 0.1) is 6.92 Å². The van der Waals surface area contributed by atoms with E-state index in [9.17, 15) is 4.79 Å². The van der Waals surface area contributed by atoms with Crippen molar-refractivity contribution in [1.82, 2.24) is 9.88 Å². The van der Waals surface area contributed by atoms with E-state index in [1.807, 2.05) is 17.9 Å². The summed E-state index contributed by atoms with van der Waals surface area (Å²) in [6, 6.07) is 1.95. The van der Waals surface area contributed by atoms with Crippen LogP contribution in [0.1, 0.15) is 42.2 Å². The summed E-state index contributed by atoms with van der Waals surface area (Å²) in [5.41, 5.74) is 2.48. The van der Waals surface area contributed by atoms with Gasteiger partial charge in [-0.05, 0) is 32.3 Å². The van der Waals surface area contributed by atoms with Crippen molar-refractivity contribution in [3.05, 3.63) is 23.5 Å². The molecule has 116 valence electrons. The zero-order valence-electron chi connectivity index (χ0n) is 13.2. The molecule has 1 N–H and O–H groups in total. The first kappa shape index (κ1) is 15.8. The number of anilines is 1. The number of methoxy groups -OCH3 is 1. The number of rotatable bonds is 5. The zero-order valence-corrected chi connectivity index (χ0v) is 13.2. The van der Waals surface area contributed by atoms with Crippen molar-refractivity contribution in [2.45, 2.75) is 39.2 Å². The molecule has 1 fully saturated rings. The molecule has 1 saturated heterocycles. The van der Waals surface area contributed by atoms with Crippen LogP contribution in [0.4, 0.5) is 5.69 Å². The molecule has 0 aliphatic carbocycles. The molecule has 1 amide bonds. The summed E-state index contributed by atoms with van der Waals surface area (Å²) in [5, 5.41) is 3.33. The fraction of sp³-hybridized carbons (Fsp3) is 0.625. The summed E-state index contributed by atoms with van der Waals surface area (Å²) in [7, 11) is 1.73. The molecule has 21 heavy (non-hydrogen) atoms. The molecule has 1 aromatic rings. The molecule has 1 aromatic heterocycles. The number of pyridine rings is 1. The lowest BCUT2D eigenvalue weighted by atomic mass is 10.1. The third kappa shape index (κ3) is 3.94. The van der Waals surface area contributed by atoms with Crippen molar-refractivity contribution >= 4 is 11.6 Å². The highest BCUT2D eigenvalue weighted by Gasteiger charge is 2.25. The molecule has 0 aromatic carbocycles. The highest BCUT2D eigenvalue weighted by Crippen LogP contribution is 2.21. The van der Waals surface area contributed by atoms with Crippen LogP contribution in [0.15, 0.2) is 12.3 Å². The van der Waals surface area contributed by atoms with Gasteiger partial charge in [-0.3, -0.25) is 9.78 Å². The molecule has 5 nitrogen and oxygen atoms in total. The van der Waals surface area contributed by atoms with Crippen molar-refractivity contribution in [3.8, 4) is 0 Å². The maximum Gasteiger partial charge on any atom is 0.257 e. The lowest BCUT2D eigenvalue weighted by Crippen LogP contribution is -2.40. The van der Waals surface area contributed by atoms with Crippen LogP contribution in [0.5, 0.6) is 0 Å². The number of nitrogens with zero attached hydrogens (tertiary/aromatic N) is 2. The molecule has 0 bridgehead atoms.